The third-order valence-corrected chi connectivity index (χ3v) is 4.99. The van der Waals surface area contributed by atoms with E-state index in [1.54, 1.807) is 23.9 Å². The molecule has 11 heteroatoms. The Labute approximate surface area is 183 Å². The van der Waals surface area contributed by atoms with Crippen LogP contribution in [0.15, 0.2) is 30.7 Å². The van der Waals surface area contributed by atoms with Gasteiger partial charge in [-0.25, -0.2) is 14.8 Å². The summed E-state index contributed by atoms with van der Waals surface area (Å²) in [5.74, 6) is 2.93. The van der Waals surface area contributed by atoms with E-state index in [9.17, 15) is 9.59 Å². The average Bonchev–Trinajstić information content (AvgIpc) is 3.37. The van der Waals surface area contributed by atoms with Crippen LogP contribution in [0.3, 0.4) is 0 Å². The van der Waals surface area contributed by atoms with Gasteiger partial charge >= 0.3 is 6.09 Å². The molecular weight excluding hydrogens is 414 g/mol. The second kappa shape index (κ2) is 8.81. The summed E-state index contributed by atoms with van der Waals surface area (Å²) in [4.78, 5) is 34.0. The minimum absolute atomic E-state index is 0.0449. The van der Waals surface area contributed by atoms with Gasteiger partial charge in [-0.3, -0.25) is 9.48 Å². The molecule has 1 aliphatic rings. The first-order valence-corrected chi connectivity index (χ1v) is 9.84. The van der Waals surface area contributed by atoms with Crippen LogP contribution in [0, 0.1) is 12.3 Å². The van der Waals surface area contributed by atoms with Gasteiger partial charge in [0.05, 0.1) is 29.6 Å². The molecule has 1 saturated heterocycles. The molecule has 0 bridgehead atoms. The molecule has 0 unspecified atom stereocenters. The molecule has 0 saturated carbocycles. The van der Waals surface area contributed by atoms with Gasteiger partial charge in [-0.1, -0.05) is 5.92 Å². The summed E-state index contributed by atoms with van der Waals surface area (Å²) in [7, 11) is 1.80. The van der Waals surface area contributed by atoms with Crippen LogP contribution in [-0.4, -0.2) is 62.6 Å². The lowest BCUT2D eigenvalue weighted by atomic mass is 10.2. The van der Waals surface area contributed by atoms with Crippen molar-refractivity contribution in [2.24, 2.45) is 7.05 Å². The van der Waals surface area contributed by atoms with Gasteiger partial charge < -0.3 is 25.4 Å². The number of terminal acetylenes is 1. The van der Waals surface area contributed by atoms with E-state index in [2.05, 4.69) is 31.6 Å². The van der Waals surface area contributed by atoms with E-state index in [0.717, 1.165) is 5.39 Å². The molecule has 32 heavy (non-hydrogen) atoms. The van der Waals surface area contributed by atoms with E-state index in [0.29, 0.717) is 42.3 Å². The molecule has 11 nitrogen and oxygen atoms in total. The van der Waals surface area contributed by atoms with Gasteiger partial charge in [-0.15, -0.1) is 6.42 Å². The molecule has 0 aliphatic carbocycles. The van der Waals surface area contributed by atoms with Crippen LogP contribution >= 0.6 is 0 Å². The molecule has 164 valence electrons. The highest BCUT2D eigenvalue weighted by molar-refractivity contribution is 6.04. The number of fused-ring (bicyclic) bond motifs is 1. The number of aryl methyl sites for hydroxylation is 1. The van der Waals surface area contributed by atoms with E-state index >= 15 is 0 Å². The number of hydrogen-bond donors (Lipinski definition) is 3. The number of nitrogens with zero attached hydrogens (tertiary/aromatic N) is 5. The third-order valence-electron chi connectivity index (χ3n) is 4.99. The molecule has 4 rings (SSSR count). The zero-order valence-corrected chi connectivity index (χ0v) is 17.3. The van der Waals surface area contributed by atoms with Crippen molar-refractivity contribution in [1.29, 1.82) is 0 Å². The van der Waals surface area contributed by atoms with Gasteiger partial charge in [-0.2, -0.15) is 5.10 Å². The highest BCUT2D eigenvalue weighted by Gasteiger charge is 2.25. The van der Waals surface area contributed by atoms with Crippen LogP contribution in [0.2, 0.25) is 0 Å². The van der Waals surface area contributed by atoms with Gasteiger partial charge in [0.25, 0.3) is 5.91 Å². The Kier molecular flexibility index (Phi) is 5.76. The van der Waals surface area contributed by atoms with Crippen molar-refractivity contribution in [3.05, 3.63) is 36.4 Å². The van der Waals surface area contributed by atoms with E-state index in [4.69, 9.17) is 16.3 Å². The fraction of sp³-hybridized carbons (Fsp3) is 0.286. The quantitative estimate of drug-likeness (QED) is 0.496. The molecule has 0 spiro atoms. The van der Waals surface area contributed by atoms with Crippen molar-refractivity contribution >= 4 is 34.4 Å². The average molecular weight is 435 g/mol. The zero-order chi connectivity index (χ0) is 22.7. The van der Waals surface area contributed by atoms with E-state index in [1.165, 1.54) is 12.4 Å². The number of nitrogens with one attached hydrogen (secondary N) is 2. The number of hydrogen-bond acceptors (Lipinski definition) is 7. The molecule has 1 atom stereocenters. The largest absolute Gasteiger partial charge is 0.479 e. The fourth-order valence-corrected chi connectivity index (χ4v) is 3.56. The first-order chi connectivity index (χ1) is 15.4. The first-order valence-electron chi connectivity index (χ1n) is 9.84. The Bertz CT molecular complexity index is 1200. The third kappa shape index (κ3) is 4.54. The highest BCUT2D eigenvalue weighted by atomic mass is 16.5. The van der Waals surface area contributed by atoms with E-state index < -0.39 is 12.0 Å². The maximum absolute atomic E-state index is 12.8. The molecule has 1 aliphatic heterocycles. The van der Waals surface area contributed by atoms with Crippen molar-refractivity contribution in [3.63, 3.8) is 0 Å². The van der Waals surface area contributed by atoms with Crippen molar-refractivity contribution in [3.8, 4) is 18.1 Å². The molecule has 0 radical (unpaired) electrons. The van der Waals surface area contributed by atoms with Gasteiger partial charge in [0, 0.05) is 37.8 Å². The number of carbonyl (C=O) groups excluding carboxylic acids is 1. The SMILES string of the molecule is C#CCOc1cc2nn(C)cc2cc1NC(=O)c1cnc(N2CC[C@@H](NC(=O)O)C2)cn1. The first kappa shape index (κ1) is 20.9. The Morgan fingerprint density at radius 2 is 2.19 bits per heavy atom. The van der Waals surface area contributed by atoms with Crippen LogP contribution in [0.4, 0.5) is 16.3 Å². The number of ether oxygens (including phenoxy) is 1. The number of carboxylic acid groups (broad SMARTS) is 1. The topological polar surface area (TPSA) is 134 Å². The molecule has 3 aromatic rings. The Morgan fingerprint density at radius 3 is 2.91 bits per heavy atom. The summed E-state index contributed by atoms with van der Waals surface area (Å²) in [6.45, 7) is 1.18. The van der Waals surface area contributed by atoms with Crippen LogP contribution in [0.5, 0.6) is 5.75 Å². The lowest BCUT2D eigenvalue weighted by molar-refractivity contribution is 0.102. The highest BCUT2D eigenvalue weighted by Crippen LogP contribution is 2.30. The number of aromatic nitrogens is 4. The predicted octanol–water partition coefficient (Wildman–Crippen LogP) is 1.47. The van der Waals surface area contributed by atoms with E-state index in [-0.39, 0.29) is 18.3 Å². The van der Waals surface area contributed by atoms with Crippen molar-refractivity contribution in [2.45, 2.75) is 12.5 Å². The molecule has 3 N–H and O–H groups in total. The number of carbonyl (C=O) groups is 2. The molecule has 2 amide bonds. The number of amides is 2. The molecule has 1 fully saturated rings. The normalized spacial score (nSPS) is 15.4. The maximum Gasteiger partial charge on any atom is 0.404 e. The van der Waals surface area contributed by atoms with Crippen molar-refractivity contribution < 1.29 is 19.4 Å². The van der Waals surface area contributed by atoms with Gasteiger partial charge in [-0.05, 0) is 12.5 Å². The summed E-state index contributed by atoms with van der Waals surface area (Å²) in [6.07, 6.45) is 9.63. The predicted molar refractivity (Wildman–Crippen MR) is 117 cm³/mol. The summed E-state index contributed by atoms with van der Waals surface area (Å²) in [6, 6.07) is 3.31. The molecule has 1 aromatic carbocycles. The number of benzene rings is 1. The van der Waals surface area contributed by atoms with Crippen LogP contribution in [0.1, 0.15) is 16.9 Å². The summed E-state index contributed by atoms with van der Waals surface area (Å²) >= 11 is 0. The second-order valence-electron chi connectivity index (χ2n) is 7.30. The fourth-order valence-electron chi connectivity index (χ4n) is 3.56. The van der Waals surface area contributed by atoms with Crippen molar-refractivity contribution in [1.82, 2.24) is 25.1 Å². The van der Waals surface area contributed by atoms with Gasteiger partial charge in [0.2, 0.25) is 0 Å². The second-order valence-corrected chi connectivity index (χ2v) is 7.30. The standard InChI is InChI=1S/C21H21N7O4/c1-3-6-32-18-8-15-13(11-27(2)26-15)7-16(18)25-20(29)17-9-23-19(10-22-17)28-5-4-14(12-28)24-21(30)31/h1,7-11,14,24H,4-6,12H2,2H3,(H,25,29)(H,30,31)/t14-/m1/s1. The summed E-state index contributed by atoms with van der Waals surface area (Å²) in [5, 5.41) is 19.3. The number of anilines is 2. The lowest BCUT2D eigenvalue weighted by Crippen LogP contribution is -2.36. The van der Waals surface area contributed by atoms with E-state index in [1.807, 2.05) is 11.1 Å². The minimum Gasteiger partial charge on any atom is -0.479 e. The smallest absolute Gasteiger partial charge is 0.404 e. The zero-order valence-electron chi connectivity index (χ0n) is 17.3. The van der Waals surface area contributed by atoms with Crippen LogP contribution in [0.25, 0.3) is 10.9 Å². The van der Waals surface area contributed by atoms with Crippen molar-refractivity contribution in [2.75, 3.05) is 29.9 Å². The Balaban J connectivity index is 1.48. The summed E-state index contributed by atoms with van der Waals surface area (Å²) < 4.78 is 7.24. The Morgan fingerprint density at radius 1 is 1.34 bits per heavy atom. The lowest BCUT2D eigenvalue weighted by Gasteiger charge is -2.17. The molecular formula is C21H21N7O4. The summed E-state index contributed by atoms with van der Waals surface area (Å²) in [5.41, 5.74) is 1.28. The number of rotatable bonds is 6. The molecule has 3 heterocycles. The Hall–Kier alpha value is -4.33. The monoisotopic (exact) mass is 435 g/mol. The van der Waals surface area contributed by atoms with Gasteiger partial charge in [0.15, 0.2) is 0 Å². The maximum atomic E-state index is 12.8. The molecule has 2 aromatic heterocycles. The van der Waals surface area contributed by atoms with Gasteiger partial charge in [0.1, 0.15) is 23.9 Å². The minimum atomic E-state index is -1.05. The van der Waals surface area contributed by atoms with Crippen LogP contribution < -0.4 is 20.3 Å². The van der Waals surface area contributed by atoms with Crippen LogP contribution in [-0.2, 0) is 7.05 Å².